The van der Waals surface area contributed by atoms with Crippen LogP contribution in [0.2, 0.25) is 5.02 Å². The topological polar surface area (TPSA) is 70.7 Å². The molecule has 2 heterocycles. The van der Waals surface area contributed by atoms with Crippen molar-refractivity contribution in [3.05, 3.63) is 83.1 Å². The first-order chi connectivity index (χ1) is 12.7. The van der Waals surface area contributed by atoms with E-state index in [1.54, 1.807) is 24.5 Å². The van der Waals surface area contributed by atoms with Gasteiger partial charge in [-0.15, -0.1) is 0 Å². The minimum absolute atomic E-state index is 0.128. The van der Waals surface area contributed by atoms with Crippen molar-refractivity contribution in [1.82, 2.24) is 20.3 Å². The third kappa shape index (κ3) is 3.43. The van der Waals surface area contributed by atoms with Crippen molar-refractivity contribution in [2.45, 2.75) is 6.54 Å². The first kappa shape index (κ1) is 16.3. The number of nitrogens with zero attached hydrogens (tertiary/aromatic N) is 2. The Labute approximate surface area is 155 Å². The van der Waals surface area contributed by atoms with Crippen molar-refractivity contribution in [1.29, 1.82) is 0 Å². The number of pyridine rings is 1. The number of rotatable bonds is 4. The molecule has 2 aromatic heterocycles. The Morgan fingerprint density at radius 2 is 1.96 bits per heavy atom. The molecule has 0 aliphatic heterocycles. The van der Waals surface area contributed by atoms with Gasteiger partial charge in [-0.2, -0.15) is 0 Å². The van der Waals surface area contributed by atoms with E-state index < -0.39 is 0 Å². The van der Waals surface area contributed by atoms with Crippen LogP contribution in [0, 0.1) is 0 Å². The lowest BCUT2D eigenvalue weighted by Crippen LogP contribution is -2.22. The van der Waals surface area contributed by atoms with E-state index in [9.17, 15) is 4.79 Å². The Kier molecular flexibility index (Phi) is 4.37. The number of fused-ring (bicyclic) bond motifs is 1. The molecule has 0 unspecified atom stereocenters. The smallest absolute Gasteiger partial charge is 0.251 e. The Hall–Kier alpha value is -3.18. The molecule has 4 aromatic rings. The van der Waals surface area contributed by atoms with Gasteiger partial charge in [-0.1, -0.05) is 29.8 Å². The summed E-state index contributed by atoms with van der Waals surface area (Å²) < 4.78 is 0. The summed E-state index contributed by atoms with van der Waals surface area (Å²) in [6, 6.07) is 16.6. The van der Waals surface area contributed by atoms with Gasteiger partial charge in [-0.25, -0.2) is 4.98 Å². The number of nitrogens with one attached hydrogen (secondary N) is 2. The molecule has 0 aliphatic carbocycles. The van der Waals surface area contributed by atoms with Gasteiger partial charge in [0.1, 0.15) is 5.82 Å². The Balaban J connectivity index is 1.49. The number of hydrogen-bond acceptors (Lipinski definition) is 3. The van der Waals surface area contributed by atoms with Crippen LogP contribution in [0.1, 0.15) is 15.9 Å². The van der Waals surface area contributed by atoms with E-state index >= 15 is 0 Å². The lowest BCUT2D eigenvalue weighted by molar-refractivity contribution is 0.0951. The van der Waals surface area contributed by atoms with E-state index in [0.29, 0.717) is 17.1 Å². The van der Waals surface area contributed by atoms with Crippen LogP contribution in [0.25, 0.3) is 22.4 Å². The third-order valence-corrected chi connectivity index (χ3v) is 4.28. The molecule has 0 spiro atoms. The highest BCUT2D eigenvalue weighted by molar-refractivity contribution is 6.31. The summed E-state index contributed by atoms with van der Waals surface area (Å²) in [7, 11) is 0. The molecule has 4 rings (SSSR count). The molecule has 0 saturated carbocycles. The van der Waals surface area contributed by atoms with E-state index in [4.69, 9.17) is 11.6 Å². The molecule has 6 heteroatoms. The number of amides is 1. The van der Waals surface area contributed by atoms with Gasteiger partial charge in [0.15, 0.2) is 0 Å². The summed E-state index contributed by atoms with van der Waals surface area (Å²) in [6.07, 6.45) is 3.44. The predicted molar refractivity (Wildman–Crippen MR) is 102 cm³/mol. The summed E-state index contributed by atoms with van der Waals surface area (Å²) in [5.41, 5.74) is 4.19. The minimum Gasteiger partial charge on any atom is -0.348 e. The van der Waals surface area contributed by atoms with Crippen molar-refractivity contribution >= 4 is 28.5 Å². The Bertz CT molecular complexity index is 1060. The number of halogens is 1. The number of carbonyl (C=O) groups is 1. The summed E-state index contributed by atoms with van der Waals surface area (Å²) in [6.45, 7) is 0.443. The minimum atomic E-state index is -0.128. The maximum absolute atomic E-state index is 12.3. The number of H-pyrrole nitrogens is 1. The molecule has 0 bridgehead atoms. The van der Waals surface area contributed by atoms with E-state index in [-0.39, 0.29) is 5.91 Å². The summed E-state index contributed by atoms with van der Waals surface area (Å²) in [4.78, 5) is 24.1. The van der Waals surface area contributed by atoms with Crippen molar-refractivity contribution < 1.29 is 4.79 Å². The highest BCUT2D eigenvalue weighted by Crippen LogP contribution is 2.23. The van der Waals surface area contributed by atoms with E-state index in [0.717, 1.165) is 28.0 Å². The quantitative estimate of drug-likeness (QED) is 0.571. The van der Waals surface area contributed by atoms with Crippen LogP contribution in [-0.4, -0.2) is 20.9 Å². The highest BCUT2D eigenvalue weighted by Gasteiger charge is 2.09. The summed E-state index contributed by atoms with van der Waals surface area (Å²) in [5, 5.41) is 3.55. The van der Waals surface area contributed by atoms with Crippen LogP contribution in [0.4, 0.5) is 0 Å². The number of aromatic amines is 1. The first-order valence-corrected chi connectivity index (χ1v) is 8.50. The zero-order chi connectivity index (χ0) is 17.9. The molecule has 0 atom stereocenters. The van der Waals surface area contributed by atoms with Crippen LogP contribution in [-0.2, 0) is 6.54 Å². The first-order valence-electron chi connectivity index (χ1n) is 8.12. The fourth-order valence-corrected chi connectivity index (χ4v) is 2.86. The normalized spacial score (nSPS) is 10.8. The van der Waals surface area contributed by atoms with Crippen molar-refractivity contribution in [3.63, 3.8) is 0 Å². The van der Waals surface area contributed by atoms with E-state index in [2.05, 4.69) is 20.3 Å². The lowest BCUT2D eigenvalue weighted by Gasteiger charge is -2.05. The van der Waals surface area contributed by atoms with Crippen molar-refractivity contribution in [2.75, 3.05) is 0 Å². The maximum Gasteiger partial charge on any atom is 0.251 e. The van der Waals surface area contributed by atoms with Crippen LogP contribution < -0.4 is 5.32 Å². The maximum atomic E-state index is 12.3. The largest absolute Gasteiger partial charge is 0.348 e. The molecule has 1 amide bonds. The van der Waals surface area contributed by atoms with Gasteiger partial charge in [0.25, 0.3) is 5.91 Å². The summed E-state index contributed by atoms with van der Waals surface area (Å²) >= 11 is 6.01. The molecule has 0 aliphatic rings. The highest BCUT2D eigenvalue weighted by atomic mass is 35.5. The molecule has 0 saturated heterocycles. The second kappa shape index (κ2) is 6.98. The van der Waals surface area contributed by atoms with Crippen molar-refractivity contribution in [2.24, 2.45) is 0 Å². The Morgan fingerprint density at radius 1 is 1.12 bits per heavy atom. The molecular weight excluding hydrogens is 348 g/mol. The lowest BCUT2D eigenvalue weighted by atomic mass is 10.1. The number of imidazole rings is 1. The van der Waals surface area contributed by atoms with Crippen molar-refractivity contribution in [3.8, 4) is 11.4 Å². The van der Waals surface area contributed by atoms with Gasteiger partial charge in [0, 0.05) is 35.1 Å². The monoisotopic (exact) mass is 362 g/mol. The molecule has 2 N–H and O–H groups in total. The van der Waals surface area contributed by atoms with Gasteiger partial charge < -0.3 is 10.3 Å². The predicted octanol–water partition coefficient (Wildman–Crippen LogP) is 4.21. The van der Waals surface area contributed by atoms with Crippen LogP contribution >= 0.6 is 11.6 Å². The van der Waals surface area contributed by atoms with Gasteiger partial charge in [-0.3, -0.25) is 9.78 Å². The number of benzene rings is 2. The van der Waals surface area contributed by atoms with E-state index in [1.807, 2.05) is 42.5 Å². The van der Waals surface area contributed by atoms with Gasteiger partial charge in [-0.05, 0) is 42.0 Å². The SMILES string of the molecule is O=C(NCc1cccnc1)c1ccc(-c2nc3ccc(Cl)cc3[nH]2)cc1. The van der Waals surface area contributed by atoms with Gasteiger partial charge in [0.05, 0.1) is 11.0 Å². The van der Waals surface area contributed by atoms with Gasteiger partial charge >= 0.3 is 0 Å². The van der Waals surface area contributed by atoms with Gasteiger partial charge in [0.2, 0.25) is 0 Å². The molecule has 128 valence electrons. The Morgan fingerprint density at radius 3 is 2.73 bits per heavy atom. The third-order valence-electron chi connectivity index (χ3n) is 4.04. The second-order valence-electron chi connectivity index (χ2n) is 5.87. The van der Waals surface area contributed by atoms with E-state index in [1.165, 1.54) is 0 Å². The number of carbonyl (C=O) groups excluding carboxylic acids is 1. The number of aromatic nitrogens is 3. The fraction of sp³-hybridized carbons (Fsp3) is 0.0500. The number of hydrogen-bond donors (Lipinski definition) is 2. The molecule has 2 aromatic carbocycles. The molecule has 0 fully saturated rings. The molecule has 5 nitrogen and oxygen atoms in total. The average molecular weight is 363 g/mol. The summed E-state index contributed by atoms with van der Waals surface area (Å²) in [5.74, 6) is 0.612. The second-order valence-corrected chi connectivity index (χ2v) is 6.30. The molecule has 0 radical (unpaired) electrons. The van der Waals surface area contributed by atoms with Crippen LogP contribution in [0.3, 0.4) is 0 Å². The zero-order valence-electron chi connectivity index (χ0n) is 13.7. The molecular formula is C20H15ClN4O. The zero-order valence-corrected chi connectivity index (χ0v) is 14.5. The fourth-order valence-electron chi connectivity index (χ4n) is 2.69. The van der Waals surface area contributed by atoms with Crippen LogP contribution in [0.5, 0.6) is 0 Å². The standard InChI is InChI=1S/C20H15ClN4O/c21-16-7-8-17-18(10-16)25-19(24-17)14-3-5-15(6-4-14)20(26)23-12-13-2-1-9-22-11-13/h1-11H,12H2,(H,23,26)(H,24,25). The van der Waals surface area contributed by atoms with Crippen LogP contribution in [0.15, 0.2) is 67.0 Å². The molecule has 26 heavy (non-hydrogen) atoms. The average Bonchev–Trinajstić information content (AvgIpc) is 3.10.